The van der Waals surface area contributed by atoms with Crippen molar-refractivity contribution < 1.29 is 80.2 Å². The lowest BCUT2D eigenvalue weighted by atomic mass is 10.1. The fraction of sp³-hybridized carbons (Fsp3) is 0.563. The second-order valence-corrected chi connectivity index (χ2v) is 28.0. The molecule has 0 radical (unpaired) electrons. The lowest BCUT2D eigenvalue weighted by Crippen LogP contribution is -2.30. The lowest BCUT2D eigenvalue weighted by molar-refractivity contribution is -0.161. The Morgan fingerprint density at radius 1 is 0.274 bits per heavy atom. The third-order valence-electron chi connectivity index (χ3n) is 15.3. The number of aliphatic hydroxyl groups excluding tert-OH is 1. The van der Waals surface area contributed by atoms with Crippen molar-refractivity contribution in [2.24, 2.45) is 0 Å². The average Bonchev–Trinajstić information content (AvgIpc) is 0.928. The molecule has 0 heterocycles. The first-order chi connectivity index (χ1) is 51.7. The summed E-state index contributed by atoms with van der Waals surface area (Å²) in [6.07, 6.45) is 95.6. The van der Waals surface area contributed by atoms with E-state index in [-0.39, 0.29) is 25.7 Å². The van der Waals surface area contributed by atoms with Crippen molar-refractivity contribution in [2.45, 2.75) is 277 Å². The number of carbonyl (C=O) groups excluding carboxylic acids is 4. The third-order valence-corrected chi connectivity index (χ3v) is 17.2. The van der Waals surface area contributed by atoms with E-state index in [0.717, 1.165) is 173 Å². The molecule has 596 valence electrons. The summed E-state index contributed by atoms with van der Waals surface area (Å²) < 4.78 is 68.4. The number of aliphatic hydroxyl groups is 1. The minimum atomic E-state index is -5.03. The summed E-state index contributed by atoms with van der Waals surface area (Å²) in [7, 11) is -10.0. The van der Waals surface area contributed by atoms with Gasteiger partial charge in [0.25, 0.3) is 0 Å². The molecule has 0 aliphatic carbocycles. The summed E-state index contributed by atoms with van der Waals surface area (Å²) in [5.74, 6) is -2.45. The van der Waals surface area contributed by atoms with Crippen molar-refractivity contribution in [2.75, 3.05) is 39.6 Å². The standard InChI is InChI=1S/C87H136O17P2/c1-5-9-13-17-21-25-29-33-37-39-40-42-46-48-52-56-60-64-68-72-85(90)98-78-83(104-87(92)74-70-66-62-58-54-50-44-36-32-28-24-20-16-12-8-4)80-102-106(95,96)100-76-81(88)75-99-105(93,94)101-79-82(103-86(91)73-69-65-61-57-53-49-43-35-31-27-23-19-15-11-7-3)77-97-84(89)71-67-63-59-55-51-47-45-41-38-34-30-26-22-18-14-10-6-2/h9-16,21-28,33-38,40,42-45,47,53,55,57,59,65,69,81-83,88H,5-8,17-20,29-32,39,41,46,48-52,54,56,58,60-64,66-68,70-80H2,1-4H3,(H,93,94)(H,95,96)/b13-9-,14-10-,15-11-,16-12-,25-21-,26-22-,27-23-,28-24-,37-33-,38-34-,42-40-,43-35-,44-36-,47-45-,57-53-,59-55-,69-65-. The number of phosphoric ester groups is 2. The summed E-state index contributed by atoms with van der Waals surface area (Å²) >= 11 is 0. The van der Waals surface area contributed by atoms with Gasteiger partial charge in [0.1, 0.15) is 19.3 Å². The van der Waals surface area contributed by atoms with Gasteiger partial charge in [0.05, 0.1) is 32.8 Å². The summed E-state index contributed by atoms with van der Waals surface area (Å²) in [5.41, 5.74) is 0. The van der Waals surface area contributed by atoms with Crippen LogP contribution in [0, 0.1) is 0 Å². The van der Waals surface area contributed by atoms with Gasteiger partial charge in [-0.1, -0.05) is 279 Å². The fourth-order valence-corrected chi connectivity index (χ4v) is 11.0. The number of phosphoric acid groups is 2. The zero-order valence-electron chi connectivity index (χ0n) is 65.0. The second kappa shape index (κ2) is 76.8. The number of carbonyl (C=O) groups is 4. The van der Waals surface area contributed by atoms with E-state index in [1.807, 2.05) is 24.3 Å². The highest BCUT2D eigenvalue weighted by Crippen LogP contribution is 2.45. The normalized spacial score (nSPS) is 15.0. The lowest BCUT2D eigenvalue weighted by Gasteiger charge is -2.21. The highest BCUT2D eigenvalue weighted by molar-refractivity contribution is 7.47. The van der Waals surface area contributed by atoms with Crippen molar-refractivity contribution in [1.82, 2.24) is 0 Å². The first-order valence-electron chi connectivity index (χ1n) is 39.3. The molecule has 0 saturated carbocycles. The van der Waals surface area contributed by atoms with E-state index in [9.17, 15) is 43.2 Å². The van der Waals surface area contributed by atoms with Gasteiger partial charge in [-0.25, -0.2) is 9.13 Å². The van der Waals surface area contributed by atoms with E-state index < -0.39 is 97.5 Å². The van der Waals surface area contributed by atoms with Crippen LogP contribution in [-0.4, -0.2) is 96.7 Å². The van der Waals surface area contributed by atoms with Crippen LogP contribution in [-0.2, 0) is 65.4 Å². The van der Waals surface area contributed by atoms with Crippen LogP contribution in [0.2, 0.25) is 0 Å². The molecule has 19 heteroatoms. The van der Waals surface area contributed by atoms with E-state index in [1.54, 1.807) is 12.2 Å². The van der Waals surface area contributed by atoms with Crippen LogP contribution >= 0.6 is 15.6 Å². The van der Waals surface area contributed by atoms with Gasteiger partial charge in [-0.2, -0.15) is 0 Å². The summed E-state index contributed by atoms with van der Waals surface area (Å²) in [4.78, 5) is 73.0. The molecule has 17 nitrogen and oxygen atoms in total. The summed E-state index contributed by atoms with van der Waals surface area (Å²) in [6.45, 7) is 4.16. The number of rotatable bonds is 71. The molecule has 0 aliphatic rings. The van der Waals surface area contributed by atoms with Gasteiger partial charge < -0.3 is 33.8 Å². The Kier molecular flexibility index (Phi) is 72.2. The van der Waals surface area contributed by atoms with Crippen LogP contribution in [0.5, 0.6) is 0 Å². The largest absolute Gasteiger partial charge is 0.472 e. The number of esters is 4. The zero-order valence-corrected chi connectivity index (χ0v) is 66.8. The fourth-order valence-electron chi connectivity index (χ4n) is 9.45. The zero-order chi connectivity index (χ0) is 77.4. The molecule has 0 saturated heterocycles. The van der Waals surface area contributed by atoms with Crippen molar-refractivity contribution >= 4 is 39.5 Å². The Morgan fingerprint density at radius 2 is 0.509 bits per heavy atom. The molecule has 0 spiro atoms. The van der Waals surface area contributed by atoms with Crippen LogP contribution in [0.15, 0.2) is 207 Å². The molecule has 0 aromatic rings. The van der Waals surface area contributed by atoms with E-state index in [4.69, 9.17) is 37.0 Å². The van der Waals surface area contributed by atoms with Gasteiger partial charge in [0, 0.05) is 19.3 Å². The minimum absolute atomic E-state index is 0.0547. The third kappa shape index (κ3) is 75.9. The SMILES string of the molecule is CC/C=C\C/C=C\C/C=C\C/C=C\C/C=C\CCCC(=O)OCC(COP(=O)(O)OCC(O)COP(=O)(O)OCC(COC(=O)CCCCCCCC/C=C\C/C=C\C/C=C\C/C=C\CC)OC(=O)CCCCCCC/C=C\C/C=C\C/C=C\CC)OC(=O)C/C=C\C/C=C\C/C=C\C/C=C\C/C=C\CC. The van der Waals surface area contributed by atoms with Crippen molar-refractivity contribution in [1.29, 1.82) is 0 Å². The highest BCUT2D eigenvalue weighted by Gasteiger charge is 2.30. The molecule has 5 unspecified atom stereocenters. The molecule has 3 N–H and O–H groups in total. The predicted octanol–water partition coefficient (Wildman–Crippen LogP) is 23.1. The van der Waals surface area contributed by atoms with Crippen LogP contribution in [0.1, 0.15) is 259 Å². The first kappa shape index (κ1) is 99.6. The number of allylic oxidation sites excluding steroid dienone is 33. The maximum Gasteiger partial charge on any atom is 0.472 e. The van der Waals surface area contributed by atoms with Crippen molar-refractivity contribution in [3.8, 4) is 0 Å². The van der Waals surface area contributed by atoms with Crippen LogP contribution in [0.4, 0.5) is 0 Å². The minimum Gasteiger partial charge on any atom is -0.462 e. The quantitative estimate of drug-likeness (QED) is 0.0169. The number of unbranched alkanes of at least 4 members (excludes halogenated alkanes) is 12. The molecule has 5 atom stereocenters. The Morgan fingerprint density at radius 3 is 0.830 bits per heavy atom. The van der Waals surface area contributed by atoms with Crippen LogP contribution < -0.4 is 0 Å². The average molecular weight is 1520 g/mol. The van der Waals surface area contributed by atoms with Crippen molar-refractivity contribution in [3.05, 3.63) is 207 Å². The van der Waals surface area contributed by atoms with Crippen molar-refractivity contribution in [3.63, 3.8) is 0 Å². The highest BCUT2D eigenvalue weighted by atomic mass is 31.2. The summed E-state index contributed by atoms with van der Waals surface area (Å²) in [5, 5.41) is 10.6. The van der Waals surface area contributed by atoms with E-state index in [0.29, 0.717) is 32.1 Å². The van der Waals surface area contributed by atoms with E-state index >= 15 is 0 Å². The van der Waals surface area contributed by atoms with Gasteiger partial charge >= 0.3 is 39.5 Å². The number of hydrogen-bond acceptors (Lipinski definition) is 15. The first-order valence-corrected chi connectivity index (χ1v) is 42.3. The van der Waals surface area contributed by atoms with Gasteiger partial charge in [0.2, 0.25) is 0 Å². The van der Waals surface area contributed by atoms with Crippen LogP contribution in [0.3, 0.4) is 0 Å². The maximum atomic E-state index is 13.1. The molecule has 0 aromatic heterocycles. The topological polar surface area (TPSA) is 237 Å². The van der Waals surface area contributed by atoms with Gasteiger partial charge in [-0.05, 0) is 161 Å². The second-order valence-electron chi connectivity index (χ2n) is 25.1. The van der Waals surface area contributed by atoms with Gasteiger partial charge in [-0.3, -0.25) is 37.3 Å². The summed E-state index contributed by atoms with van der Waals surface area (Å²) in [6, 6.07) is 0. The van der Waals surface area contributed by atoms with Gasteiger partial charge in [0.15, 0.2) is 12.2 Å². The smallest absolute Gasteiger partial charge is 0.462 e. The molecule has 0 aliphatic heterocycles. The molecular weight excluding hydrogens is 1380 g/mol. The Hall–Kier alpha value is -6.36. The van der Waals surface area contributed by atoms with E-state index in [1.165, 1.54) is 0 Å². The Balaban J connectivity index is 5.52. The Labute approximate surface area is 639 Å². The van der Waals surface area contributed by atoms with Gasteiger partial charge in [-0.15, -0.1) is 0 Å². The molecular formula is C87H136O17P2. The predicted molar refractivity (Wildman–Crippen MR) is 435 cm³/mol. The van der Waals surface area contributed by atoms with E-state index in [2.05, 4.69) is 198 Å². The maximum absolute atomic E-state index is 13.1. The van der Waals surface area contributed by atoms with Crippen LogP contribution in [0.25, 0.3) is 0 Å². The molecule has 0 aromatic carbocycles. The molecule has 106 heavy (non-hydrogen) atoms. The Bertz CT molecular complexity index is 2830. The molecule has 0 bridgehead atoms. The number of hydrogen-bond donors (Lipinski definition) is 3. The number of ether oxygens (including phenoxy) is 4. The molecule has 0 amide bonds. The monoisotopic (exact) mass is 1510 g/mol. The molecule has 0 rings (SSSR count). The molecule has 0 fully saturated rings.